The van der Waals surface area contributed by atoms with Gasteiger partial charge in [0.25, 0.3) is 11.7 Å². The van der Waals surface area contributed by atoms with Gasteiger partial charge in [0.2, 0.25) is 0 Å². The van der Waals surface area contributed by atoms with Crippen molar-refractivity contribution in [2.75, 3.05) is 13.1 Å². The first-order valence-corrected chi connectivity index (χ1v) is 5.52. The summed E-state index contributed by atoms with van der Waals surface area (Å²) in [4.78, 5) is 29.1. The standard InChI is InChI=1S/C12H14N2O2/c15-11(10-5-4-6-13-9-10)12(16)14-7-2-1-3-8-14/h4-6,9H,1-3,7-8H2. The third-order valence-electron chi connectivity index (χ3n) is 2.76. The molecule has 0 bridgehead atoms. The average molecular weight is 218 g/mol. The Morgan fingerprint density at radius 3 is 2.56 bits per heavy atom. The van der Waals surface area contributed by atoms with Crippen molar-refractivity contribution in [3.8, 4) is 0 Å². The van der Waals surface area contributed by atoms with Crippen molar-refractivity contribution in [2.45, 2.75) is 19.3 Å². The third kappa shape index (κ3) is 2.27. The largest absolute Gasteiger partial charge is 0.336 e. The molecule has 16 heavy (non-hydrogen) atoms. The predicted octanol–water partition coefficient (Wildman–Crippen LogP) is 1.28. The molecule has 0 radical (unpaired) electrons. The first kappa shape index (κ1) is 10.8. The summed E-state index contributed by atoms with van der Waals surface area (Å²) in [6.45, 7) is 1.40. The quantitative estimate of drug-likeness (QED) is 0.555. The highest BCUT2D eigenvalue weighted by atomic mass is 16.2. The van der Waals surface area contributed by atoms with Gasteiger partial charge in [0.15, 0.2) is 0 Å². The van der Waals surface area contributed by atoms with Gasteiger partial charge in [-0.1, -0.05) is 0 Å². The maximum atomic E-state index is 11.8. The molecule has 4 nitrogen and oxygen atoms in total. The number of Topliss-reactive ketones (excluding diaryl/α,β-unsaturated/α-hetero) is 1. The number of aromatic nitrogens is 1. The van der Waals surface area contributed by atoms with Gasteiger partial charge in [-0.05, 0) is 31.4 Å². The second-order valence-electron chi connectivity index (χ2n) is 3.92. The molecule has 4 heteroatoms. The van der Waals surface area contributed by atoms with Gasteiger partial charge < -0.3 is 4.90 Å². The topological polar surface area (TPSA) is 50.3 Å². The van der Waals surface area contributed by atoms with E-state index in [1.165, 1.54) is 6.20 Å². The number of rotatable bonds is 2. The van der Waals surface area contributed by atoms with E-state index in [4.69, 9.17) is 0 Å². The second kappa shape index (κ2) is 4.88. The fourth-order valence-electron chi connectivity index (χ4n) is 1.86. The van der Waals surface area contributed by atoms with Crippen LogP contribution in [0.2, 0.25) is 0 Å². The van der Waals surface area contributed by atoms with Gasteiger partial charge in [-0.25, -0.2) is 0 Å². The Hall–Kier alpha value is -1.71. The van der Waals surface area contributed by atoms with Crippen molar-refractivity contribution in [2.24, 2.45) is 0 Å². The molecule has 1 aromatic heterocycles. The third-order valence-corrected chi connectivity index (χ3v) is 2.76. The van der Waals surface area contributed by atoms with Crippen LogP contribution in [0, 0.1) is 0 Å². The van der Waals surface area contributed by atoms with Gasteiger partial charge in [-0.3, -0.25) is 14.6 Å². The molecule has 0 N–H and O–H groups in total. The van der Waals surface area contributed by atoms with Crippen LogP contribution in [0.3, 0.4) is 0 Å². The van der Waals surface area contributed by atoms with Gasteiger partial charge in [0.1, 0.15) is 0 Å². The van der Waals surface area contributed by atoms with E-state index < -0.39 is 11.7 Å². The summed E-state index contributed by atoms with van der Waals surface area (Å²) in [6.07, 6.45) is 6.15. The molecule has 0 aliphatic carbocycles. The SMILES string of the molecule is O=C(C(=O)N1CCCCC1)c1cccnc1. The van der Waals surface area contributed by atoms with Crippen LogP contribution in [-0.4, -0.2) is 34.7 Å². The van der Waals surface area contributed by atoms with Crippen LogP contribution < -0.4 is 0 Å². The van der Waals surface area contributed by atoms with E-state index in [-0.39, 0.29) is 0 Å². The van der Waals surface area contributed by atoms with E-state index in [0.29, 0.717) is 18.7 Å². The van der Waals surface area contributed by atoms with E-state index >= 15 is 0 Å². The lowest BCUT2D eigenvalue weighted by Crippen LogP contribution is -2.40. The Bertz CT molecular complexity index is 383. The van der Waals surface area contributed by atoms with Crippen LogP contribution in [0.1, 0.15) is 29.6 Å². The summed E-state index contributed by atoms with van der Waals surface area (Å²) in [6, 6.07) is 3.29. The molecule has 0 aromatic carbocycles. The lowest BCUT2D eigenvalue weighted by molar-refractivity contribution is -0.127. The van der Waals surface area contributed by atoms with Gasteiger partial charge in [-0.2, -0.15) is 0 Å². The van der Waals surface area contributed by atoms with Crippen LogP contribution in [-0.2, 0) is 4.79 Å². The number of ketones is 1. The maximum Gasteiger partial charge on any atom is 0.295 e. The van der Waals surface area contributed by atoms with Crippen molar-refractivity contribution >= 4 is 11.7 Å². The molecule has 0 atom stereocenters. The zero-order valence-corrected chi connectivity index (χ0v) is 9.06. The number of carbonyl (C=O) groups is 2. The van der Waals surface area contributed by atoms with Crippen LogP contribution in [0.4, 0.5) is 0 Å². The van der Waals surface area contributed by atoms with Crippen molar-refractivity contribution < 1.29 is 9.59 Å². The van der Waals surface area contributed by atoms with Gasteiger partial charge in [0, 0.05) is 31.0 Å². The minimum Gasteiger partial charge on any atom is -0.336 e. The normalized spacial score (nSPS) is 15.9. The minimum absolute atomic E-state index is 0.373. The summed E-state index contributed by atoms with van der Waals surface area (Å²) in [5.41, 5.74) is 0.373. The lowest BCUT2D eigenvalue weighted by Gasteiger charge is -2.25. The Balaban J connectivity index is 2.07. The zero-order chi connectivity index (χ0) is 11.4. The lowest BCUT2D eigenvalue weighted by atomic mass is 10.1. The van der Waals surface area contributed by atoms with E-state index in [0.717, 1.165) is 19.3 Å². The molecule has 0 saturated carbocycles. The van der Waals surface area contributed by atoms with Gasteiger partial charge >= 0.3 is 0 Å². The molecule has 1 fully saturated rings. The smallest absolute Gasteiger partial charge is 0.295 e. The van der Waals surface area contributed by atoms with Crippen LogP contribution in [0.25, 0.3) is 0 Å². The highest BCUT2D eigenvalue weighted by Gasteiger charge is 2.24. The van der Waals surface area contributed by atoms with Crippen molar-refractivity contribution in [3.05, 3.63) is 30.1 Å². The number of likely N-dealkylation sites (tertiary alicyclic amines) is 1. The first-order valence-electron chi connectivity index (χ1n) is 5.52. The molecule has 0 unspecified atom stereocenters. The second-order valence-corrected chi connectivity index (χ2v) is 3.92. The van der Waals surface area contributed by atoms with Crippen molar-refractivity contribution in [1.29, 1.82) is 0 Å². The van der Waals surface area contributed by atoms with E-state index in [1.54, 1.807) is 23.2 Å². The van der Waals surface area contributed by atoms with Gasteiger partial charge in [-0.15, -0.1) is 0 Å². The summed E-state index contributed by atoms with van der Waals surface area (Å²) in [7, 11) is 0. The number of hydrogen-bond acceptors (Lipinski definition) is 3. The Kier molecular flexibility index (Phi) is 3.29. The van der Waals surface area contributed by atoms with Crippen molar-refractivity contribution in [3.63, 3.8) is 0 Å². The van der Waals surface area contributed by atoms with Crippen molar-refractivity contribution in [1.82, 2.24) is 9.88 Å². The maximum absolute atomic E-state index is 11.8. The molecule has 2 heterocycles. The first-order chi connectivity index (χ1) is 7.79. The zero-order valence-electron chi connectivity index (χ0n) is 9.06. The highest BCUT2D eigenvalue weighted by molar-refractivity contribution is 6.42. The molecule has 1 amide bonds. The van der Waals surface area contributed by atoms with Gasteiger partial charge in [0.05, 0.1) is 0 Å². The summed E-state index contributed by atoms with van der Waals surface area (Å²) in [5.74, 6) is -0.845. The number of amides is 1. The fourth-order valence-corrected chi connectivity index (χ4v) is 1.86. The number of nitrogens with zero attached hydrogens (tertiary/aromatic N) is 2. The Labute approximate surface area is 94.3 Å². The predicted molar refractivity (Wildman–Crippen MR) is 59.0 cm³/mol. The number of pyridine rings is 1. The molecule has 0 spiro atoms. The van der Waals surface area contributed by atoms with Crippen LogP contribution >= 0.6 is 0 Å². The van der Waals surface area contributed by atoms with Crippen LogP contribution in [0.15, 0.2) is 24.5 Å². The molecule has 2 rings (SSSR count). The van der Waals surface area contributed by atoms with E-state index in [2.05, 4.69) is 4.98 Å². The Morgan fingerprint density at radius 2 is 1.94 bits per heavy atom. The molecule has 1 saturated heterocycles. The van der Waals surface area contributed by atoms with E-state index in [9.17, 15) is 9.59 Å². The molecular weight excluding hydrogens is 204 g/mol. The average Bonchev–Trinajstić information content (AvgIpc) is 2.39. The fraction of sp³-hybridized carbons (Fsp3) is 0.417. The van der Waals surface area contributed by atoms with Crippen LogP contribution in [0.5, 0.6) is 0 Å². The van der Waals surface area contributed by atoms with E-state index in [1.807, 2.05) is 0 Å². The number of hydrogen-bond donors (Lipinski definition) is 0. The summed E-state index contributed by atoms with van der Waals surface area (Å²) < 4.78 is 0. The molecule has 1 aliphatic rings. The molecule has 84 valence electrons. The summed E-state index contributed by atoms with van der Waals surface area (Å²) >= 11 is 0. The molecular formula is C12H14N2O2. The number of carbonyl (C=O) groups excluding carboxylic acids is 2. The Morgan fingerprint density at radius 1 is 1.19 bits per heavy atom. The number of piperidine rings is 1. The summed E-state index contributed by atoms with van der Waals surface area (Å²) in [5, 5.41) is 0. The monoisotopic (exact) mass is 218 g/mol. The molecule has 1 aromatic rings. The minimum atomic E-state index is -0.449. The highest BCUT2D eigenvalue weighted by Crippen LogP contribution is 2.10. The molecule has 1 aliphatic heterocycles.